The number of carbonyl (C=O) groups is 1. The minimum absolute atomic E-state index is 0.559. The number of hydrogen-bond acceptors (Lipinski definition) is 4. The summed E-state index contributed by atoms with van der Waals surface area (Å²) in [4.78, 5) is 10.3. The third kappa shape index (κ3) is 3.45. The summed E-state index contributed by atoms with van der Waals surface area (Å²) in [7, 11) is -5.82. The van der Waals surface area contributed by atoms with Crippen molar-refractivity contribution in [2.45, 2.75) is 12.4 Å². The summed E-state index contributed by atoms with van der Waals surface area (Å²) in [5.74, 6) is -1.58. The number of halogens is 3. The molecule has 0 spiro atoms. The number of hydrogen-bond donors (Lipinski definition) is 0. The van der Waals surface area contributed by atoms with Gasteiger partial charge >= 0.3 is 21.6 Å². The fraction of sp³-hybridized carbons (Fsp3) is 0.400. The fourth-order valence-corrected chi connectivity index (χ4v) is 0.686. The first kappa shape index (κ1) is 11.9. The van der Waals surface area contributed by atoms with Crippen molar-refractivity contribution in [3.63, 3.8) is 0 Å². The molecule has 0 N–H and O–H groups in total. The molecule has 0 bridgehead atoms. The highest BCUT2D eigenvalue weighted by atomic mass is 32.2. The van der Waals surface area contributed by atoms with E-state index in [0.29, 0.717) is 6.08 Å². The van der Waals surface area contributed by atoms with Gasteiger partial charge in [-0.1, -0.05) is 6.08 Å². The molecule has 0 aromatic rings. The van der Waals surface area contributed by atoms with Crippen LogP contribution in [-0.2, 0) is 19.1 Å². The van der Waals surface area contributed by atoms with Crippen molar-refractivity contribution in [1.29, 1.82) is 0 Å². The van der Waals surface area contributed by atoms with Crippen LogP contribution in [0.15, 0.2) is 12.2 Å². The molecule has 0 saturated carbocycles. The van der Waals surface area contributed by atoms with Crippen LogP contribution in [0.3, 0.4) is 0 Å². The molecule has 76 valence electrons. The summed E-state index contributed by atoms with van der Waals surface area (Å²) in [6.07, 6.45) is 1.61. The van der Waals surface area contributed by atoms with Crippen LogP contribution < -0.4 is 0 Å². The molecule has 0 rings (SSSR count). The summed E-state index contributed by atoms with van der Waals surface area (Å²) in [6, 6.07) is 0. The Morgan fingerprint density at radius 3 is 2.15 bits per heavy atom. The van der Waals surface area contributed by atoms with Gasteiger partial charge in [0.1, 0.15) is 0 Å². The second kappa shape index (κ2) is 3.77. The van der Waals surface area contributed by atoms with Crippen LogP contribution in [0.4, 0.5) is 13.2 Å². The van der Waals surface area contributed by atoms with Crippen LogP contribution in [0.2, 0.25) is 0 Å². The molecule has 0 aromatic heterocycles. The van der Waals surface area contributed by atoms with Gasteiger partial charge in [0.15, 0.2) is 0 Å². The van der Waals surface area contributed by atoms with Crippen LogP contribution in [0.25, 0.3) is 0 Å². The summed E-state index contributed by atoms with van der Waals surface area (Å²) in [5.41, 5.74) is -5.58. The first-order chi connectivity index (χ1) is 5.70. The molecule has 13 heavy (non-hydrogen) atoms. The SMILES string of the molecule is C/C=C/C(=O)OS(=O)(=O)C(F)(F)F. The summed E-state index contributed by atoms with van der Waals surface area (Å²) in [6.45, 7) is 1.32. The molecule has 4 nitrogen and oxygen atoms in total. The molecule has 0 aliphatic carbocycles. The molecule has 0 amide bonds. The standard InChI is InChI=1S/C5H5F3O4S/c1-2-3-4(9)12-13(10,11)5(6,7)8/h2-3H,1H3/b3-2+. The van der Waals surface area contributed by atoms with Gasteiger partial charge in [0.2, 0.25) is 0 Å². The predicted molar refractivity (Wildman–Crippen MR) is 35.9 cm³/mol. The molecule has 0 unspecified atom stereocenters. The van der Waals surface area contributed by atoms with E-state index >= 15 is 0 Å². The van der Waals surface area contributed by atoms with Crippen molar-refractivity contribution in [2.24, 2.45) is 0 Å². The zero-order valence-corrected chi connectivity index (χ0v) is 7.15. The first-order valence-corrected chi connectivity index (χ1v) is 4.29. The van der Waals surface area contributed by atoms with E-state index in [1.165, 1.54) is 6.92 Å². The van der Waals surface area contributed by atoms with Crippen LogP contribution in [-0.4, -0.2) is 19.9 Å². The maximum atomic E-state index is 11.5. The van der Waals surface area contributed by atoms with Crippen LogP contribution in [0.1, 0.15) is 6.92 Å². The minimum Gasteiger partial charge on any atom is -0.335 e. The Bertz CT molecular complexity index is 313. The van der Waals surface area contributed by atoms with Gasteiger partial charge < -0.3 is 4.18 Å². The third-order valence-electron chi connectivity index (χ3n) is 0.778. The van der Waals surface area contributed by atoms with Crippen molar-refractivity contribution >= 4 is 16.1 Å². The predicted octanol–water partition coefficient (Wildman–Crippen LogP) is 0.955. The lowest BCUT2D eigenvalue weighted by atomic mass is 10.5. The minimum atomic E-state index is -5.82. The second-order valence-corrected chi connectivity index (χ2v) is 3.34. The Labute approximate surface area is 72.1 Å². The smallest absolute Gasteiger partial charge is 0.335 e. The van der Waals surface area contributed by atoms with Crippen LogP contribution in [0, 0.1) is 0 Å². The van der Waals surface area contributed by atoms with E-state index < -0.39 is 21.6 Å². The number of allylic oxidation sites excluding steroid dienone is 1. The van der Waals surface area contributed by atoms with E-state index in [1.54, 1.807) is 0 Å². The Morgan fingerprint density at radius 1 is 1.38 bits per heavy atom. The summed E-state index contributed by atoms with van der Waals surface area (Å²) < 4.78 is 58.1. The topological polar surface area (TPSA) is 60.4 Å². The normalized spacial score (nSPS) is 13.2. The van der Waals surface area contributed by atoms with Gasteiger partial charge in [0.25, 0.3) is 0 Å². The lowest BCUT2D eigenvalue weighted by molar-refractivity contribution is -0.131. The van der Waals surface area contributed by atoms with Gasteiger partial charge in [-0.25, -0.2) is 4.79 Å². The van der Waals surface area contributed by atoms with Crippen LogP contribution >= 0.6 is 0 Å². The van der Waals surface area contributed by atoms with Gasteiger partial charge in [0, 0.05) is 6.08 Å². The highest BCUT2D eigenvalue weighted by molar-refractivity contribution is 7.88. The van der Waals surface area contributed by atoms with E-state index in [2.05, 4.69) is 4.18 Å². The molecule has 0 radical (unpaired) electrons. The van der Waals surface area contributed by atoms with Gasteiger partial charge in [-0.15, -0.1) is 0 Å². The molecule has 0 aliphatic rings. The van der Waals surface area contributed by atoms with Crippen molar-refractivity contribution < 1.29 is 30.6 Å². The first-order valence-electron chi connectivity index (χ1n) is 2.88. The molecule has 0 heterocycles. The Morgan fingerprint density at radius 2 is 1.85 bits per heavy atom. The average Bonchev–Trinajstić information content (AvgIpc) is 1.83. The van der Waals surface area contributed by atoms with E-state index in [0.717, 1.165) is 6.08 Å². The van der Waals surface area contributed by atoms with E-state index in [9.17, 15) is 26.4 Å². The Balaban J connectivity index is 4.65. The molecule has 0 fully saturated rings. The summed E-state index contributed by atoms with van der Waals surface area (Å²) >= 11 is 0. The van der Waals surface area contributed by atoms with Crippen LogP contribution in [0.5, 0.6) is 0 Å². The monoisotopic (exact) mass is 218 g/mol. The lowest BCUT2D eigenvalue weighted by Gasteiger charge is -2.05. The molecular weight excluding hydrogens is 213 g/mol. The van der Waals surface area contributed by atoms with Gasteiger partial charge in [-0.3, -0.25) is 0 Å². The van der Waals surface area contributed by atoms with Gasteiger partial charge in [-0.2, -0.15) is 21.6 Å². The molecular formula is C5H5F3O4S. The maximum absolute atomic E-state index is 11.5. The van der Waals surface area contributed by atoms with Crippen molar-refractivity contribution in [3.8, 4) is 0 Å². The van der Waals surface area contributed by atoms with E-state index in [4.69, 9.17) is 0 Å². The Kier molecular flexibility index (Phi) is 3.47. The molecule has 0 saturated heterocycles. The number of carbonyl (C=O) groups excluding carboxylic acids is 1. The molecule has 0 aliphatic heterocycles. The van der Waals surface area contributed by atoms with Crippen molar-refractivity contribution in [1.82, 2.24) is 0 Å². The molecule has 8 heteroatoms. The largest absolute Gasteiger partial charge is 0.534 e. The maximum Gasteiger partial charge on any atom is 0.534 e. The number of alkyl halides is 3. The second-order valence-electron chi connectivity index (χ2n) is 1.80. The highest BCUT2D eigenvalue weighted by Crippen LogP contribution is 2.24. The van der Waals surface area contributed by atoms with E-state index in [1.807, 2.05) is 0 Å². The van der Waals surface area contributed by atoms with E-state index in [-0.39, 0.29) is 0 Å². The van der Waals surface area contributed by atoms with Crippen molar-refractivity contribution in [2.75, 3.05) is 0 Å². The average molecular weight is 218 g/mol. The zero-order valence-electron chi connectivity index (χ0n) is 6.33. The third-order valence-corrected chi connectivity index (χ3v) is 1.73. The highest BCUT2D eigenvalue weighted by Gasteiger charge is 2.49. The lowest BCUT2D eigenvalue weighted by Crippen LogP contribution is -2.27. The Hall–Kier alpha value is -1.05. The van der Waals surface area contributed by atoms with Gasteiger partial charge in [-0.05, 0) is 6.92 Å². The van der Waals surface area contributed by atoms with Crippen molar-refractivity contribution in [3.05, 3.63) is 12.2 Å². The fourth-order valence-electron chi connectivity index (χ4n) is 0.319. The summed E-state index contributed by atoms with van der Waals surface area (Å²) in [5, 5.41) is 0. The molecule has 0 atom stereocenters. The quantitative estimate of drug-likeness (QED) is 0.393. The zero-order chi connectivity index (χ0) is 10.7. The van der Waals surface area contributed by atoms with Gasteiger partial charge in [0.05, 0.1) is 0 Å². The molecule has 0 aromatic carbocycles. The number of rotatable bonds is 2.